The SMILES string of the molecule is Cc1cc2c(cc1C)C(C(=O)NCC1(C(=O)O)CC1)CO2. The van der Waals surface area contributed by atoms with E-state index >= 15 is 0 Å². The first-order valence-electron chi connectivity index (χ1n) is 7.18. The van der Waals surface area contributed by atoms with Crippen molar-refractivity contribution in [2.45, 2.75) is 32.6 Å². The summed E-state index contributed by atoms with van der Waals surface area (Å²) in [6.45, 7) is 4.55. The zero-order valence-electron chi connectivity index (χ0n) is 12.2. The third kappa shape index (κ3) is 2.37. The van der Waals surface area contributed by atoms with E-state index in [1.165, 1.54) is 0 Å². The number of nitrogens with one attached hydrogen (secondary N) is 1. The van der Waals surface area contributed by atoms with Crippen LogP contribution in [0.1, 0.15) is 35.4 Å². The van der Waals surface area contributed by atoms with Gasteiger partial charge in [-0.05, 0) is 43.9 Å². The molecule has 2 N–H and O–H groups in total. The molecule has 112 valence electrons. The molecule has 1 aromatic rings. The van der Waals surface area contributed by atoms with E-state index in [2.05, 4.69) is 5.32 Å². The fourth-order valence-corrected chi connectivity index (χ4v) is 2.69. The second-order valence-electron chi connectivity index (χ2n) is 6.14. The number of carboxylic acid groups (broad SMARTS) is 1. The average Bonchev–Trinajstić information content (AvgIpc) is 3.13. The summed E-state index contributed by atoms with van der Waals surface area (Å²) in [4.78, 5) is 23.4. The van der Waals surface area contributed by atoms with Crippen LogP contribution in [-0.2, 0) is 9.59 Å². The number of hydrogen-bond acceptors (Lipinski definition) is 3. The fourth-order valence-electron chi connectivity index (χ4n) is 2.69. The van der Waals surface area contributed by atoms with Crippen molar-refractivity contribution in [2.75, 3.05) is 13.2 Å². The number of carbonyl (C=O) groups is 2. The standard InChI is InChI=1S/C16H19NO4/c1-9-5-11-12(7-21-13(11)6-10(9)2)14(18)17-8-16(3-4-16)15(19)20/h5-6,12H,3-4,7-8H2,1-2H3,(H,17,18)(H,19,20). The van der Waals surface area contributed by atoms with Crippen LogP contribution in [0.4, 0.5) is 0 Å². The van der Waals surface area contributed by atoms with Crippen molar-refractivity contribution >= 4 is 11.9 Å². The highest BCUT2D eigenvalue weighted by atomic mass is 16.5. The molecule has 21 heavy (non-hydrogen) atoms. The molecular formula is C16H19NO4. The van der Waals surface area contributed by atoms with Crippen molar-refractivity contribution in [2.24, 2.45) is 5.41 Å². The van der Waals surface area contributed by atoms with Gasteiger partial charge in [0, 0.05) is 12.1 Å². The van der Waals surface area contributed by atoms with E-state index in [1.807, 2.05) is 26.0 Å². The van der Waals surface area contributed by atoms with Gasteiger partial charge in [-0.3, -0.25) is 9.59 Å². The van der Waals surface area contributed by atoms with E-state index in [0.717, 1.165) is 22.4 Å². The lowest BCUT2D eigenvalue weighted by Gasteiger charge is -2.14. The second kappa shape index (κ2) is 4.76. The van der Waals surface area contributed by atoms with E-state index in [4.69, 9.17) is 9.84 Å². The summed E-state index contributed by atoms with van der Waals surface area (Å²) in [5, 5.41) is 11.9. The molecule has 1 aliphatic heterocycles. The molecule has 0 bridgehead atoms. The highest BCUT2D eigenvalue weighted by molar-refractivity contribution is 5.87. The summed E-state index contributed by atoms with van der Waals surface area (Å²) in [6.07, 6.45) is 1.28. The van der Waals surface area contributed by atoms with Crippen LogP contribution in [0, 0.1) is 19.3 Å². The summed E-state index contributed by atoms with van der Waals surface area (Å²) in [7, 11) is 0. The maximum atomic E-state index is 12.3. The number of ether oxygens (including phenoxy) is 1. The molecule has 0 radical (unpaired) electrons. The van der Waals surface area contributed by atoms with Gasteiger partial charge in [-0.1, -0.05) is 6.07 Å². The molecule has 1 unspecified atom stereocenters. The van der Waals surface area contributed by atoms with E-state index in [1.54, 1.807) is 0 Å². The average molecular weight is 289 g/mol. The zero-order chi connectivity index (χ0) is 15.2. The Balaban J connectivity index is 1.71. The minimum Gasteiger partial charge on any atom is -0.492 e. The van der Waals surface area contributed by atoms with Gasteiger partial charge in [0.2, 0.25) is 5.91 Å². The van der Waals surface area contributed by atoms with Crippen LogP contribution in [0.25, 0.3) is 0 Å². The van der Waals surface area contributed by atoms with Crippen LogP contribution in [0.2, 0.25) is 0 Å². The normalized spacial score (nSPS) is 21.3. The number of carboxylic acids is 1. The lowest BCUT2D eigenvalue weighted by Crippen LogP contribution is -2.37. The van der Waals surface area contributed by atoms with E-state index < -0.39 is 11.4 Å². The Morgan fingerprint density at radius 1 is 1.33 bits per heavy atom. The van der Waals surface area contributed by atoms with E-state index in [9.17, 15) is 9.59 Å². The molecule has 2 aliphatic rings. The molecule has 1 aliphatic carbocycles. The number of benzene rings is 1. The number of hydrogen-bond donors (Lipinski definition) is 2. The third-order valence-corrected chi connectivity index (χ3v) is 4.63. The van der Waals surface area contributed by atoms with Crippen molar-refractivity contribution in [1.29, 1.82) is 0 Å². The van der Waals surface area contributed by atoms with Gasteiger partial charge in [-0.25, -0.2) is 0 Å². The van der Waals surface area contributed by atoms with Crippen molar-refractivity contribution in [3.05, 3.63) is 28.8 Å². The maximum Gasteiger partial charge on any atom is 0.311 e. The summed E-state index contributed by atoms with van der Waals surface area (Å²) in [6, 6.07) is 3.95. The Labute approximate surface area is 123 Å². The molecule has 1 fully saturated rings. The fraction of sp³-hybridized carbons (Fsp3) is 0.500. The first kappa shape index (κ1) is 13.9. The summed E-state index contributed by atoms with van der Waals surface area (Å²) >= 11 is 0. The Morgan fingerprint density at radius 2 is 2.00 bits per heavy atom. The van der Waals surface area contributed by atoms with Gasteiger partial charge in [-0.2, -0.15) is 0 Å². The first-order chi connectivity index (χ1) is 9.93. The third-order valence-electron chi connectivity index (χ3n) is 4.63. The lowest BCUT2D eigenvalue weighted by molar-refractivity contribution is -0.143. The van der Waals surface area contributed by atoms with E-state index in [-0.39, 0.29) is 18.4 Å². The van der Waals surface area contributed by atoms with Gasteiger partial charge in [0.25, 0.3) is 0 Å². The molecule has 1 saturated carbocycles. The second-order valence-corrected chi connectivity index (χ2v) is 6.14. The molecule has 5 nitrogen and oxygen atoms in total. The number of fused-ring (bicyclic) bond motifs is 1. The quantitative estimate of drug-likeness (QED) is 0.885. The smallest absolute Gasteiger partial charge is 0.311 e. The minimum atomic E-state index is -0.822. The van der Waals surface area contributed by atoms with Crippen molar-refractivity contribution in [1.82, 2.24) is 5.32 Å². The molecular weight excluding hydrogens is 270 g/mol. The molecule has 0 spiro atoms. The predicted molar refractivity (Wildman–Crippen MR) is 76.5 cm³/mol. The lowest BCUT2D eigenvalue weighted by atomic mass is 9.96. The van der Waals surface area contributed by atoms with Crippen LogP contribution in [-0.4, -0.2) is 30.1 Å². The van der Waals surface area contributed by atoms with Crippen molar-refractivity contribution in [3.8, 4) is 5.75 Å². The van der Waals surface area contributed by atoms with Crippen molar-refractivity contribution in [3.63, 3.8) is 0 Å². The number of carbonyl (C=O) groups excluding carboxylic acids is 1. The number of amides is 1. The van der Waals surface area contributed by atoms with Crippen LogP contribution >= 0.6 is 0 Å². The zero-order valence-corrected chi connectivity index (χ0v) is 12.2. The Morgan fingerprint density at radius 3 is 2.62 bits per heavy atom. The Bertz CT molecular complexity index is 619. The van der Waals surface area contributed by atoms with Crippen LogP contribution in [0.15, 0.2) is 12.1 Å². The van der Waals surface area contributed by atoms with E-state index in [0.29, 0.717) is 19.4 Å². The summed E-state index contributed by atoms with van der Waals surface area (Å²) in [5.41, 5.74) is 2.43. The monoisotopic (exact) mass is 289 g/mol. The molecule has 1 atom stereocenters. The molecule has 0 saturated heterocycles. The van der Waals surface area contributed by atoms with Gasteiger partial charge in [-0.15, -0.1) is 0 Å². The summed E-state index contributed by atoms with van der Waals surface area (Å²) in [5.74, 6) is -0.552. The minimum absolute atomic E-state index is 0.149. The van der Waals surface area contributed by atoms with Gasteiger partial charge < -0.3 is 15.2 Å². The van der Waals surface area contributed by atoms with Gasteiger partial charge in [0.1, 0.15) is 18.3 Å². The topological polar surface area (TPSA) is 75.6 Å². The Kier molecular flexibility index (Phi) is 3.15. The first-order valence-corrected chi connectivity index (χ1v) is 7.18. The van der Waals surface area contributed by atoms with Crippen LogP contribution in [0.3, 0.4) is 0 Å². The van der Waals surface area contributed by atoms with Gasteiger partial charge in [0.15, 0.2) is 0 Å². The maximum absolute atomic E-state index is 12.3. The van der Waals surface area contributed by atoms with Crippen molar-refractivity contribution < 1.29 is 19.4 Å². The molecule has 0 aromatic heterocycles. The Hall–Kier alpha value is -2.04. The molecule has 1 aromatic carbocycles. The van der Waals surface area contributed by atoms with Crippen LogP contribution in [0.5, 0.6) is 5.75 Å². The molecule has 3 rings (SSSR count). The highest BCUT2D eigenvalue weighted by Crippen LogP contribution is 2.45. The number of aryl methyl sites for hydroxylation is 2. The number of aliphatic carboxylic acids is 1. The molecule has 1 amide bonds. The number of rotatable bonds is 4. The van der Waals surface area contributed by atoms with Gasteiger partial charge in [0.05, 0.1) is 5.41 Å². The molecule has 5 heteroatoms. The summed E-state index contributed by atoms with van der Waals surface area (Å²) < 4.78 is 5.59. The molecule has 1 heterocycles. The largest absolute Gasteiger partial charge is 0.492 e. The predicted octanol–water partition coefficient (Wildman–Crippen LogP) is 1.76. The highest BCUT2D eigenvalue weighted by Gasteiger charge is 2.50. The van der Waals surface area contributed by atoms with Crippen LogP contribution < -0.4 is 10.1 Å². The van der Waals surface area contributed by atoms with Gasteiger partial charge >= 0.3 is 5.97 Å².